The summed E-state index contributed by atoms with van der Waals surface area (Å²) in [4.78, 5) is 25.3. The van der Waals surface area contributed by atoms with Crippen molar-refractivity contribution >= 4 is 5.91 Å². The Balaban J connectivity index is 2.25. The van der Waals surface area contributed by atoms with E-state index in [2.05, 4.69) is 19.2 Å². The Morgan fingerprint density at radius 3 is 2.61 bits per heavy atom. The predicted molar refractivity (Wildman–Crippen MR) is 90.6 cm³/mol. The molecule has 0 bridgehead atoms. The molecule has 0 aliphatic heterocycles. The van der Waals surface area contributed by atoms with E-state index in [9.17, 15) is 14.7 Å². The lowest BCUT2D eigenvalue weighted by atomic mass is 9.97. The molecule has 1 aliphatic rings. The Bertz CT molecular complexity index is 651. The van der Waals surface area contributed by atoms with Gasteiger partial charge < -0.3 is 15.0 Å². The summed E-state index contributed by atoms with van der Waals surface area (Å²) in [5.74, 6) is 0.0897. The fourth-order valence-corrected chi connectivity index (χ4v) is 2.79. The van der Waals surface area contributed by atoms with Crippen LogP contribution in [-0.2, 0) is 6.54 Å². The Hall–Kier alpha value is -1.88. The monoisotopic (exact) mass is 318 g/mol. The van der Waals surface area contributed by atoms with E-state index in [1.165, 1.54) is 0 Å². The lowest BCUT2D eigenvalue weighted by Crippen LogP contribution is -2.51. The summed E-state index contributed by atoms with van der Waals surface area (Å²) in [6, 6.07) is 1.80. The second kappa shape index (κ2) is 7.13. The van der Waals surface area contributed by atoms with E-state index in [1.807, 2.05) is 12.2 Å². The molecule has 2 rings (SSSR count). The van der Waals surface area contributed by atoms with Crippen LogP contribution in [0.25, 0.3) is 0 Å². The highest BCUT2D eigenvalue weighted by molar-refractivity contribution is 5.95. The first kappa shape index (κ1) is 17.5. The molecule has 0 spiro atoms. The molecule has 1 aromatic heterocycles. The fourth-order valence-electron chi connectivity index (χ4n) is 2.79. The molecule has 0 atom stereocenters. The largest absolute Gasteiger partial charge is 0.394 e. The molecule has 1 aromatic rings. The van der Waals surface area contributed by atoms with Gasteiger partial charge >= 0.3 is 0 Å². The number of nitrogens with zero attached hydrogens (tertiary/aromatic N) is 1. The number of carbonyl (C=O) groups excluding carboxylic acids is 1. The molecule has 5 heteroatoms. The third kappa shape index (κ3) is 3.91. The topological polar surface area (TPSA) is 71.3 Å². The van der Waals surface area contributed by atoms with Gasteiger partial charge in [-0.1, -0.05) is 26.0 Å². The average Bonchev–Trinajstić information content (AvgIpc) is 2.95. The van der Waals surface area contributed by atoms with Crippen molar-refractivity contribution in [3.63, 3.8) is 0 Å². The van der Waals surface area contributed by atoms with Crippen molar-refractivity contribution in [2.75, 3.05) is 6.61 Å². The number of aryl methyl sites for hydroxylation is 2. The normalized spacial score (nSPS) is 16.0. The summed E-state index contributed by atoms with van der Waals surface area (Å²) < 4.78 is 1.60. The highest BCUT2D eigenvalue weighted by atomic mass is 16.3. The zero-order valence-electron chi connectivity index (χ0n) is 14.1. The molecule has 23 heavy (non-hydrogen) atoms. The van der Waals surface area contributed by atoms with E-state index in [0.717, 1.165) is 6.42 Å². The number of amides is 1. The third-order valence-corrected chi connectivity index (χ3v) is 4.41. The first-order chi connectivity index (χ1) is 10.9. The van der Waals surface area contributed by atoms with E-state index < -0.39 is 11.4 Å². The SMILES string of the molecule is Cc1ccn(CCC(C)C)c(=O)c1C(=O)NC1(CO)CC=CC1. The van der Waals surface area contributed by atoms with Crippen LogP contribution in [0.2, 0.25) is 0 Å². The van der Waals surface area contributed by atoms with Crippen molar-refractivity contribution in [2.45, 2.75) is 52.1 Å². The number of carbonyl (C=O) groups is 1. The van der Waals surface area contributed by atoms with Gasteiger partial charge in [-0.3, -0.25) is 9.59 Å². The Labute approximate surface area is 137 Å². The maximum Gasteiger partial charge on any atom is 0.263 e. The maximum absolute atomic E-state index is 12.6. The van der Waals surface area contributed by atoms with Gasteiger partial charge in [-0.15, -0.1) is 0 Å². The smallest absolute Gasteiger partial charge is 0.263 e. The minimum absolute atomic E-state index is 0.140. The second-order valence-electron chi connectivity index (χ2n) is 6.83. The van der Waals surface area contributed by atoms with Gasteiger partial charge in [0.1, 0.15) is 5.56 Å². The molecular formula is C18H26N2O3. The number of aromatic nitrogens is 1. The summed E-state index contributed by atoms with van der Waals surface area (Å²) in [5, 5.41) is 12.5. The highest BCUT2D eigenvalue weighted by Crippen LogP contribution is 2.23. The Morgan fingerprint density at radius 1 is 1.39 bits per heavy atom. The van der Waals surface area contributed by atoms with E-state index in [4.69, 9.17) is 0 Å². The van der Waals surface area contributed by atoms with Crippen molar-refractivity contribution in [2.24, 2.45) is 5.92 Å². The number of hydrogen-bond donors (Lipinski definition) is 2. The predicted octanol–water partition coefficient (Wildman–Crippen LogP) is 2.01. The second-order valence-corrected chi connectivity index (χ2v) is 6.83. The van der Waals surface area contributed by atoms with Gasteiger partial charge in [0, 0.05) is 12.7 Å². The number of aliphatic hydroxyl groups is 1. The van der Waals surface area contributed by atoms with Crippen LogP contribution in [0.1, 0.15) is 49.0 Å². The molecule has 0 unspecified atom stereocenters. The number of nitrogens with one attached hydrogen (secondary N) is 1. The van der Waals surface area contributed by atoms with Gasteiger partial charge in [0.05, 0.1) is 12.1 Å². The number of aliphatic hydroxyl groups excluding tert-OH is 1. The molecule has 0 saturated heterocycles. The summed E-state index contributed by atoms with van der Waals surface area (Å²) in [5.41, 5.74) is -0.0975. The molecule has 2 N–H and O–H groups in total. The molecule has 1 aliphatic carbocycles. The summed E-state index contributed by atoms with van der Waals surface area (Å²) >= 11 is 0. The standard InChI is InChI=1S/C18H26N2O3/c1-13(2)6-10-20-11-7-14(3)15(17(20)23)16(22)19-18(12-21)8-4-5-9-18/h4-5,7,11,13,21H,6,8-10,12H2,1-3H3,(H,19,22). The van der Waals surface area contributed by atoms with Crippen molar-refractivity contribution < 1.29 is 9.90 Å². The Kier molecular flexibility index (Phi) is 5.42. The number of pyridine rings is 1. The van der Waals surface area contributed by atoms with Gasteiger partial charge in [-0.25, -0.2) is 0 Å². The van der Waals surface area contributed by atoms with Crippen LogP contribution in [-0.4, -0.2) is 27.7 Å². The molecule has 5 nitrogen and oxygen atoms in total. The van der Waals surface area contributed by atoms with Crippen LogP contribution in [0.3, 0.4) is 0 Å². The van der Waals surface area contributed by atoms with Crippen LogP contribution in [0.4, 0.5) is 0 Å². The summed E-state index contributed by atoms with van der Waals surface area (Å²) in [7, 11) is 0. The minimum atomic E-state index is -0.672. The zero-order chi connectivity index (χ0) is 17.0. The van der Waals surface area contributed by atoms with E-state index in [1.54, 1.807) is 23.8 Å². The maximum atomic E-state index is 12.6. The molecule has 126 valence electrons. The molecular weight excluding hydrogens is 292 g/mol. The third-order valence-electron chi connectivity index (χ3n) is 4.41. The first-order valence-electron chi connectivity index (χ1n) is 8.17. The summed E-state index contributed by atoms with van der Waals surface area (Å²) in [6.07, 6.45) is 7.68. The molecule has 1 heterocycles. The van der Waals surface area contributed by atoms with Crippen molar-refractivity contribution in [1.82, 2.24) is 9.88 Å². The van der Waals surface area contributed by atoms with Crippen LogP contribution in [0, 0.1) is 12.8 Å². The van der Waals surface area contributed by atoms with E-state index in [-0.39, 0.29) is 17.7 Å². The van der Waals surface area contributed by atoms with Gasteiger partial charge in [0.25, 0.3) is 11.5 Å². The van der Waals surface area contributed by atoms with Crippen LogP contribution in [0.15, 0.2) is 29.2 Å². The number of rotatable bonds is 6. The molecule has 0 fully saturated rings. The van der Waals surface area contributed by atoms with Crippen molar-refractivity contribution in [3.8, 4) is 0 Å². The summed E-state index contributed by atoms with van der Waals surface area (Å²) in [6.45, 7) is 6.43. The van der Waals surface area contributed by atoms with Gasteiger partial charge in [0.15, 0.2) is 0 Å². The minimum Gasteiger partial charge on any atom is -0.394 e. The quantitative estimate of drug-likeness (QED) is 0.788. The average molecular weight is 318 g/mol. The molecule has 1 amide bonds. The lowest BCUT2D eigenvalue weighted by Gasteiger charge is -2.28. The lowest BCUT2D eigenvalue weighted by molar-refractivity contribution is 0.0842. The van der Waals surface area contributed by atoms with Crippen molar-refractivity contribution in [3.05, 3.63) is 45.9 Å². The van der Waals surface area contributed by atoms with Crippen LogP contribution in [0.5, 0.6) is 0 Å². The Morgan fingerprint density at radius 2 is 2.04 bits per heavy atom. The molecule has 0 aromatic carbocycles. The van der Waals surface area contributed by atoms with E-state index >= 15 is 0 Å². The van der Waals surface area contributed by atoms with Crippen LogP contribution < -0.4 is 10.9 Å². The van der Waals surface area contributed by atoms with Crippen LogP contribution >= 0.6 is 0 Å². The first-order valence-corrected chi connectivity index (χ1v) is 8.17. The highest BCUT2D eigenvalue weighted by Gasteiger charge is 2.33. The van der Waals surface area contributed by atoms with E-state index in [0.29, 0.717) is 30.9 Å². The number of hydrogen-bond acceptors (Lipinski definition) is 3. The molecule has 0 saturated carbocycles. The van der Waals surface area contributed by atoms with Gasteiger partial charge in [0.2, 0.25) is 0 Å². The van der Waals surface area contributed by atoms with Gasteiger partial charge in [-0.05, 0) is 43.7 Å². The molecule has 0 radical (unpaired) electrons. The zero-order valence-corrected chi connectivity index (χ0v) is 14.1. The van der Waals surface area contributed by atoms with Gasteiger partial charge in [-0.2, -0.15) is 0 Å². The van der Waals surface area contributed by atoms with Crippen molar-refractivity contribution in [1.29, 1.82) is 0 Å². The fraction of sp³-hybridized carbons (Fsp3) is 0.556.